The van der Waals surface area contributed by atoms with Gasteiger partial charge in [0.2, 0.25) is 0 Å². The fourth-order valence-electron chi connectivity index (χ4n) is 0.948. The quantitative estimate of drug-likeness (QED) is 0.519. The average Bonchev–Trinajstić information content (AvgIpc) is 2.08. The molecule has 0 unspecified atom stereocenters. The first-order valence-electron chi connectivity index (χ1n) is 3.77. The number of hydrogen-bond donors (Lipinski definition) is 3. The van der Waals surface area contributed by atoms with Gasteiger partial charge in [-0.1, -0.05) is 0 Å². The number of carboxylic acid groups (broad SMARTS) is 1. The summed E-state index contributed by atoms with van der Waals surface area (Å²) in [6.45, 7) is -0.657. The Morgan fingerprint density at radius 2 is 2.07 bits per heavy atom. The standard InChI is InChI=1S/C7H7N3O5/c8-5(13)3-1-10(2-4(11)12)7(15)9-6(3)14/h1H,2H2,(H2,8,13)(H,11,12)(H,9,14,15). The Labute approximate surface area is 82.0 Å². The third kappa shape index (κ3) is 2.30. The van der Waals surface area contributed by atoms with E-state index >= 15 is 0 Å². The maximum absolute atomic E-state index is 11.0. The van der Waals surface area contributed by atoms with Gasteiger partial charge in [0, 0.05) is 6.20 Å². The zero-order valence-corrected chi connectivity index (χ0v) is 7.39. The van der Waals surface area contributed by atoms with Crippen LogP contribution in [0.4, 0.5) is 0 Å². The second-order valence-electron chi connectivity index (χ2n) is 2.69. The molecule has 4 N–H and O–H groups in total. The minimum absolute atomic E-state index is 0.462. The van der Waals surface area contributed by atoms with E-state index in [-0.39, 0.29) is 0 Å². The molecule has 0 aromatic carbocycles. The van der Waals surface area contributed by atoms with Gasteiger partial charge in [0.25, 0.3) is 11.5 Å². The maximum Gasteiger partial charge on any atom is 0.328 e. The summed E-state index contributed by atoms with van der Waals surface area (Å²) in [7, 11) is 0. The first kappa shape index (κ1) is 10.7. The summed E-state index contributed by atoms with van der Waals surface area (Å²) in [6, 6.07) is 0. The van der Waals surface area contributed by atoms with E-state index in [0.717, 1.165) is 6.20 Å². The number of carboxylic acids is 1. The van der Waals surface area contributed by atoms with Crippen LogP contribution < -0.4 is 17.0 Å². The summed E-state index contributed by atoms with van der Waals surface area (Å²) in [4.78, 5) is 44.9. The molecule has 0 saturated heterocycles. The summed E-state index contributed by atoms with van der Waals surface area (Å²) < 4.78 is 0.670. The van der Waals surface area contributed by atoms with E-state index in [1.807, 2.05) is 0 Å². The van der Waals surface area contributed by atoms with Crippen LogP contribution in [0.1, 0.15) is 10.4 Å². The highest BCUT2D eigenvalue weighted by molar-refractivity contribution is 5.92. The highest BCUT2D eigenvalue weighted by atomic mass is 16.4. The third-order valence-electron chi connectivity index (χ3n) is 1.58. The molecule has 0 aliphatic carbocycles. The number of carbonyl (C=O) groups excluding carboxylic acids is 1. The molecule has 1 heterocycles. The molecule has 8 nitrogen and oxygen atoms in total. The topological polar surface area (TPSA) is 135 Å². The number of aromatic nitrogens is 2. The van der Waals surface area contributed by atoms with Crippen LogP contribution in [0, 0.1) is 0 Å². The van der Waals surface area contributed by atoms with Gasteiger partial charge in [-0.3, -0.25) is 23.9 Å². The average molecular weight is 213 g/mol. The third-order valence-corrected chi connectivity index (χ3v) is 1.58. The summed E-state index contributed by atoms with van der Waals surface area (Å²) in [5.74, 6) is -2.31. The van der Waals surface area contributed by atoms with Crippen molar-refractivity contribution in [2.75, 3.05) is 0 Å². The molecule has 8 heteroatoms. The molecular formula is C7H7N3O5. The normalized spacial score (nSPS) is 9.87. The van der Waals surface area contributed by atoms with Crippen LogP contribution in [-0.4, -0.2) is 26.5 Å². The van der Waals surface area contributed by atoms with Crippen LogP contribution in [0.3, 0.4) is 0 Å². The Bertz CT molecular complexity index is 526. The number of aromatic amines is 1. The smallest absolute Gasteiger partial charge is 0.328 e. The van der Waals surface area contributed by atoms with E-state index < -0.39 is 35.2 Å². The molecule has 0 aliphatic heterocycles. The molecular weight excluding hydrogens is 206 g/mol. The van der Waals surface area contributed by atoms with Crippen molar-refractivity contribution in [3.63, 3.8) is 0 Å². The lowest BCUT2D eigenvalue weighted by atomic mass is 10.3. The minimum atomic E-state index is -1.28. The predicted molar refractivity (Wildman–Crippen MR) is 47.5 cm³/mol. The number of nitrogens with one attached hydrogen (secondary N) is 1. The van der Waals surface area contributed by atoms with Crippen LogP contribution in [-0.2, 0) is 11.3 Å². The Morgan fingerprint density at radius 1 is 1.47 bits per heavy atom. The molecule has 0 atom stereocenters. The molecule has 1 amide bonds. The number of nitrogens with two attached hydrogens (primary N) is 1. The van der Waals surface area contributed by atoms with E-state index in [1.54, 1.807) is 4.98 Å². The van der Waals surface area contributed by atoms with Gasteiger partial charge in [-0.15, -0.1) is 0 Å². The van der Waals surface area contributed by atoms with Crippen LogP contribution in [0.5, 0.6) is 0 Å². The Hall–Kier alpha value is -2.38. The lowest BCUT2D eigenvalue weighted by Crippen LogP contribution is -2.36. The molecule has 80 valence electrons. The van der Waals surface area contributed by atoms with Crippen molar-refractivity contribution in [3.05, 3.63) is 32.6 Å². The van der Waals surface area contributed by atoms with Gasteiger partial charge >= 0.3 is 11.7 Å². The van der Waals surface area contributed by atoms with Gasteiger partial charge in [-0.2, -0.15) is 0 Å². The molecule has 0 fully saturated rings. The first-order chi connectivity index (χ1) is 6.91. The molecule has 0 radical (unpaired) electrons. The number of carbonyl (C=O) groups is 2. The Balaban J connectivity index is 3.36. The molecule has 1 aromatic heterocycles. The second kappa shape index (κ2) is 3.78. The molecule has 0 aliphatic rings. The van der Waals surface area contributed by atoms with E-state index in [9.17, 15) is 19.2 Å². The Morgan fingerprint density at radius 3 is 2.53 bits per heavy atom. The van der Waals surface area contributed by atoms with Crippen molar-refractivity contribution >= 4 is 11.9 Å². The fraction of sp³-hybridized carbons (Fsp3) is 0.143. The lowest BCUT2D eigenvalue weighted by molar-refractivity contribution is -0.137. The first-order valence-corrected chi connectivity index (χ1v) is 3.77. The molecule has 1 aromatic rings. The summed E-state index contributed by atoms with van der Waals surface area (Å²) in [5, 5.41) is 8.42. The van der Waals surface area contributed by atoms with Crippen LogP contribution in [0.2, 0.25) is 0 Å². The summed E-state index contributed by atoms with van der Waals surface area (Å²) in [5.41, 5.74) is 2.53. The van der Waals surface area contributed by atoms with Crippen molar-refractivity contribution in [1.82, 2.24) is 9.55 Å². The fourth-order valence-corrected chi connectivity index (χ4v) is 0.948. The highest BCUT2D eigenvalue weighted by Gasteiger charge is 2.10. The number of amides is 1. The predicted octanol–water partition coefficient (Wildman–Crippen LogP) is -2.28. The van der Waals surface area contributed by atoms with Crippen LogP contribution >= 0.6 is 0 Å². The van der Waals surface area contributed by atoms with E-state index in [4.69, 9.17) is 10.8 Å². The lowest BCUT2D eigenvalue weighted by Gasteiger charge is -2.01. The number of H-pyrrole nitrogens is 1. The zero-order valence-electron chi connectivity index (χ0n) is 7.39. The second-order valence-corrected chi connectivity index (χ2v) is 2.69. The maximum atomic E-state index is 11.0. The van der Waals surface area contributed by atoms with Gasteiger partial charge in [0.05, 0.1) is 0 Å². The minimum Gasteiger partial charge on any atom is -0.480 e. The monoisotopic (exact) mass is 213 g/mol. The van der Waals surface area contributed by atoms with Gasteiger partial charge in [-0.25, -0.2) is 4.79 Å². The molecule has 1 rings (SSSR count). The molecule has 0 spiro atoms. The van der Waals surface area contributed by atoms with E-state index in [1.165, 1.54) is 0 Å². The van der Waals surface area contributed by atoms with Crippen molar-refractivity contribution < 1.29 is 14.7 Å². The van der Waals surface area contributed by atoms with Gasteiger partial charge in [0.15, 0.2) is 0 Å². The summed E-state index contributed by atoms with van der Waals surface area (Å²) in [6.07, 6.45) is 0.817. The van der Waals surface area contributed by atoms with Crippen LogP contribution in [0.25, 0.3) is 0 Å². The molecule has 0 saturated carbocycles. The largest absolute Gasteiger partial charge is 0.480 e. The van der Waals surface area contributed by atoms with Crippen molar-refractivity contribution in [2.24, 2.45) is 5.73 Å². The molecule has 0 bridgehead atoms. The van der Waals surface area contributed by atoms with Gasteiger partial charge in [0.1, 0.15) is 12.1 Å². The highest BCUT2D eigenvalue weighted by Crippen LogP contribution is 1.86. The van der Waals surface area contributed by atoms with E-state index in [0.29, 0.717) is 4.57 Å². The van der Waals surface area contributed by atoms with Crippen LogP contribution in [0.15, 0.2) is 15.8 Å². The van der Waals surface area contributed by atoms with Gasteiger partial charge < -0.3 is 10.8 Å². The SMILES string of the molecule is NC(=O)c1cn(CC(=O)O)c(=O)[nH]c1=O. The zero-order chi connectivity index (χ0) is 11.6. The van der Waals surface area contributed by atoms with Crippen molar-refractivity contribution in [1.29, 1.82) is 0 Å². The number of rotatable bonds is 3. The number of hydrogen-bond acceptors (Lipinski definition) is 4. The van der Waals surface area contributed by atoms with E-state index in [2.05, 4.69) is 0 Å². The van der Waals surface area contributed by atoms with Crippen molar-refractivity contribution in [2.45, 2.75) is 6.54 Å². The molecule has 15 heavy (non-hydrogen) atoms. The number of aliphatic carboxylic acids is 1. The van der Waals surface area contributed by atoms with Gasteiger partial charge in [-0.05, 0) is 0 Å². The Kier molecular flexibility index (Phi) is 2.70. The van der Waals surface area contributed by atoms with Crippen molar-refractivity contribution in [3.8, 4) is 0 Å². The number of nitrogens with zero attached hydrogens (tertiary/aromatic N) is 1. The summed E-state index contributed by atoms with van der Waals surface area (Å²) >= 11 is 0. The number of primary amides is 1.